The molecule has 1 heterocycles. The Morgan fingerprint density at radius 1 is 1.27 bits per heavy atom. The molecule has 4 rings (SSSR count). The van der Waals surface area contributed by atoms with Crippen LogP contribution in [-0.4, -0.2) is 16.0 Å². The largest absolute Gasteiger partial charge is 0.461 e. The van der Waals surface area contributed by atoms with Gasteiger partial charge in [0.15, 0.2) is 0 Å². The summed E-state index contributed by atoms with van der Waals surface area (Å²) in [5.74, 6) is 0.338. The fraction of sp³-hybridized carbons (Fsp3) is 0.750. The Bertz CT molecular complexity index is 391. The summed E-state index contributed by atoms with van der Waals surface area (Å²) in [4.78, 5) is 11.9. The zero-order valence-corrected chi connectivity index (χ0v) is 10.6. The van der Waals surface area contributed by atoms with Gasteiger partial charge in [-0.2, -0.15) is 0 Å². The molecular weight excluding hydrogens is 303 g/mol. The highest BCUT2D eigenvalue weighted by Crippen LogP contribution is 2.82. The molecule has 2 nitrogen and oxygen atoms in total. The molecule has 3 fully saturated rings. The molecule has 5 atom stereocenters. The van der Waals surface area contributed by atoms with Gasteiger partial charge in [-0.1, -0.05) is 34.7 Å². The molecular formula is C12H13IO2. The number of rotatable bonds is 0. The average molecular weight is 316 g/mol. The van der Waals surface area contributed by atoms with E-state index in [4.69, 9.17) is 4.74 Å². The Labute approximate surface area is 103 Å². The van der Waals surface area contributed by atoms with E-state index >= 15 is 0 Å². The summed E-state index contributed by atoms with van der Waals surface area (Å²) in [5.41, 5.74) is 0.626. The number of halogens is 1. The first-order valence-electron chi connectivity index (χ1n) is 5.69. The third-order valence-corrected chi connectivity index (χ3v) is 6.42. The standard InChI is InChI=1S/C12H13IO2/c13-7-5-11-3-1-2-4-12(11)6-8(7)15-10(14)9(11)12/h1-2,7-9H,3-6H2/t7-,8-,9+,11-,12+/m0/s1. The van der Waals surface area contributed by atoms with Crippen molar-refractivity contribution in [3.63, 3.8) is 0 Å². The zero-order chi connectivity index (χ0) is 10.3. The number of fused-ring (bicyclic) bond motifs is 1. The maximum Gasteiger partial charge on any atom is 0.310 e. The number of hydrogen-bond acceptors (Lipinski definition) is 2. The molecule has 0 amide bonds. The van der Waals surface area contributed by atoms with E-state index in [1.54, 1.807) is 0 Å². The number of allylic oxidation sites excluding steroid dienone is 2. The van der Waals surface area contributed by atoms with Crippen molar-refractivity contribution in [1.29, 1.82) is 0 Å². The number of ether oxygens (including phenoxy) is 1. The fourth-order valence-electron chi connectivity index (χ4n) is 4.53. The van der Waals surface area contributed by atoms with E-state index in [0.717, 1.165) is 19.3 Å². The lowest BCUT2D eigenvalue weighted by Crippen LogP contribution is -2.40. The first-order valence-corrected chi connectivity index (χ1v) is 6.94. The van der Waals surface area contributed by atoms with Crippen LogP contribution in [0.25, 0.3) is 0 Å². The quantitative estimate of drug-likeness (QED) is 0.297. The smallest absolute Gasteiger partial charge is 0.310 e. The molecule has 2 bridgehead atoms. The molecule has 0 radical (unpaired) electrons. The summed E-state index contributed by atoms with van der Waals surface area (Å²) >= 11 is 2.48. The zero-order valence-electron chi connectivity index (χ0n) is 8.41. The van der Waals surface area contributed by atoms with Gasteiger partial charge in [0.1, 0.15) is 6.10 Å². The Morgan fingerprint density at radius 3 is 2.67 bits per heavy atom. The Morgan fingerprint density at radius 2 is 1.93 bits per heavy atom. The van der Waals surface area contributed by atoms with Crippen molar-refractivity contribution in [2.45, 2.75) is 35.7 Å². The SMILES string of the molecule is O=C1O[C@H]2C[C@@]34CC=CC[C@]3(C[C@@H]2I)[C@@H]14. The number of esters is 1. The van der Waals surface area contributed by atoms with E-state index in [2.05, 4.69) is 34.7 Å². The van der Waals surface area contributed by atoms with Crippen molar-refractivity contribution in [1.82, 2.24) is 0 Å². The van der Waals surface area contributed by atoms with Crippen molar-refractivity contribution in [2.24, 2.45) is 16.7 Å². The van der Waals surface area contributed by atoms with Crippen molar-refractivity contribution in [3.05, 3.63) is 12.2 Å². The van der Waals surface area contributed by atoms with E-state index in [-0.39, 0.29) is 18.0 Å². The van der Waals surface area contributed by atoms with Gasteiger partial charge in [-0.15, -0.1) is 0 Å². The number of hydrogen-bond donors (Lipinski definition) is 0. The molecule has 1 saturated heterocycles. The van der Waals surface area contributed by atoms with Crippen LogP contribution < -0.4 is 0 Å². The molecule has 80 valence electrons. The van der Waals surface area contributed by atoms with Crippen LogP contribution in [-0.2, 0) is 9.53 Å². The molecule has 0 N–H and O–H groups in total. The maximum absolute atomic E-state index is 11.9. The van der Waals surface area contributed by atoms with Gasteiger partial charge in [0, 0.05) is 3.92 Å². The van der Waals surface area contributed by atoms with Gasteiger partial charge in [0.05, 0.1) is 5.92 Å². The van der Waals surface area contributed by atoms with Gasteiger partial charge >= 0.3 is 5.97 Å². The minimum atomic E-state index is 0.106. The van der Waals surface area contributed by atoms with Crippen LogP contribution in [0.5, 0.6) is 0 Å². The normalized spacial score (nSPS) is 59.5. The summed E-state index contributed by atoms with van der Waals surface area (Å²) in [6.45, 7) is 0. The van der Waals surface area contributed by atoms with Gasteiger partial charge < -0.3 is 4.74 Å². The van der Waals surface area contributed by atoms with E-state index in [1.165, 1.54) is 6.42 Å². The van der Waals surface area contributed by atoms with Crippen LogP contribution in [0, 0.1) is 16.7 Å². The molecule has 1 aliphatic heterocycles. The topological polar surface area (TPSA) is 26.3 Å². The first kappa shape index (κ1) is 9.02. The summed E-state index contributed by atoms with van der Waals surface area (Å²) < 4.78 is 6.09. The summed E-state index contributed by atoms with van der Waals surface area (Å²) in [5, 5.41) is 0. The van der Waals surface area contributed by atoms with E-state index in [0.29, 0.717) is 14.8 Å². The molecule has 2 saturated carbocycles. The molecule has 3 aliphatic carbocycles. The molecule has 1 spiro atoms. The highest BCUT2D eigenvalue weighted by atomic mass is 127. The van der Waals surface area contributed by atoms with Crippen LogP contribution in [0.4, 0.5) is 0 Å². The number of carbonyl (C=O) groups excluding carboxylic acids is 1. The second kappa shape index (κ2) is 2.44. The minimum absolute atomic E-state index is 0.106. The van der Waals surface area contributed by atoms with Crippen LogP contribution in [0.2, 0.25) is 0 Å². The first-order chi connectivity index (χ1) is 7.20. The molecule has 0 unspecified atom stereocenters. The number of alkyl halides is 1. The lowest BCUT2D eigenvalue weighted by Gasteiger charge is -2.39. The van der Waals surface area contributed by atoms with Crippen LogP contribution in [0.1, 0.15) is 25.7 Å². The highest BCUT2D eigenvalue weighted by molar-refractivity contribution is 14.1. The second-order valence-corrected chi connectivity index (χ2v) is 7.12. The van der Waals surface area contributed by atoms with Crippen LogP contribution >= 0.6 is 22.6 Å². The summed E-state index contributed by atoms with van der Waals surface area (Å²) in [6.07, 6.45) is 9.31. The van der Waals surface area contributed by atoms with Gasteiger partial charge in [-0.25, -0.2) is 0 Å². The summed E-state index contributed by atoms with van der Waals surface area (Å²) in [7, 11) is 0. The summed E-state index contributed by atoms with van der Waals surface area (Å²) in [6, 6.07) is 0. The van der Waals surface area contributed by atoms with Crippen LogP contribution in [0.15, 0.2) is 12.2 Å². The molecule has 4 aliphatic rings. The van der Waals surface area contributed by atoms with Gasteiger partial charge in [-0.3, -0.25) is 4.79 Å². The van der Waals surface area contributed by atoms with E-state index in [9.17, 15) is 4.79 Å². The number of carbonyl (C=O) groups is 1. The Kier molecular flexibility index (Phi) is 1.47. The van der Waals surface area contributed by atoms with Crippen molar-refractivity contribution >= 4 is 28.6 Å². The third kappa shape index (κ3) is 0.797. The molecule has 0 aromatic heterocycles. The van der Waals surface area contributed by atoms with E-state index in [1.807, 2.05) is 0 Å². The van der Waals surface area contributed by atoms with Gasteiger partial charge in [-0.05, 0) is 36.5 Å². The molecule has 3 heteroatoms. The predicted molar refractivity (Wildman–Crippen MR) is 63.7 cm³/mol. The third-order valence-electron chi connectivity index (χ3n) is 5.18. The van der Waals surface area contributed by atoms with Gasteiger partial charge in [0.25, 0.3) is 0 Å². The monoisotopic (exact) mass is 316 g/mol. The highest BCUT2D eigenvalue weighted by Gasteiger charge is 2.83. The Balaban J connectivity index is 1.87. The second-order valence-electron chi connectivity index (χ2n) is 5.52. The predicted octanol–water partition coefficient (Wildman–Crippen LogP) is 2.46. The average Bonchev–Trinajstić information content (AvgIpc) is 2.83. The minimum Gasteiger partial charge on any atom is -0.461 e. The van der Waals surface area contributed by atoms with E-state index < -0.39 is 0 Å². The lowest BCUT2D eigenvalue weighted by molar-refractivity contribution is -0.157. The van der Waals surface area contributed by atoms with Crippen LogP contribution in [0.3, 0.4) is 0 Å². The van der Waals surface area contributed by atoms with Gasteiger partial charge in [0.2, 0.25) is 0 Å². The molecule has 0 aromatic rings. The van der Waals surface area contributed by atoms with Crippen molar-refractivity contribution in [2.75, 3.05) is 0 Å². The van der Waals surface area contributed by atoms with Crippen molar-refractivity contribution in [3.8, 4) is 0 Å². The maximum atomic E-state index is 11.9. The van der Waals surface area contributed by atoms with Crippen molar-refractivity contribution < 1.29 is 9.53 Å². The fourth-order valence-corrected chi connectivity index (χ4v) is 5.71. The molecule has 0 aromatic carbocycles. The lowest BCUT2D eigenvalue weighted by atomic mass is 9.72. The molecule has 15 heavy (non-hydrogen) atoms. The Hall–Kier alpha value is -0.0600.